The number of halogens is 4. The Labute approximate surface area is 278 Å². The summed E-state index contributed by atoms with van der Waals surface area (Å²) in [4.78, 5) is 12.6. The van der Waals surface area contributed by atoms with Crippen molar-refractivity contribution in [2.75, 3.05) is 10.6 Å². The van der Waals surface area contributed by atoms with Crippen LogP contribution in [-0.4, -0.2) is 53.5 Å². The highest BCUT2D eigenvalue weighted by molar-refractivity contribution is 5.58. The number of anilines is 2. The summed E-state index contributed by atoms with van der Waals surface area (Å²) in [5.41, 5.74) is 10.8. The first-order chi connectivity index (χ1) is 22.7. The van der Waals surface area contributed by atoms with Gasteiger partial charge in [0.05, 0.1) is 18.0 Å². The highest BCUT2D eigenvalue weighted by Crippen LogP contribution is 2.35. The molecular formula is C34H42F4N10. The minimum Gasteiger partial charge on any atom is -0.368 e. The van der Waals surface area contributed by atoms with Crippen LogP contribution in [0.1, 0.15) is 79.7 Å². The molecule has 48 heavy (non-hydrogen) atoms. The van der Waals surface area contributed by atoms with Crippen LogP contribution in [0.25, 0.3) is 16.5 Å². The molecule has 4 aromatic heterocycles. The first-order valence-electron chi connectivity index (χ1n) is 16.2. The second-order valence-electron chi connectivity index (χ2n) is 12.8. The fourth-order valence-electron chi connectivity index (χ4n) is 6.13. The number of alkyl halides is 4. The number of nitrogens with one attached hydrogen (secondary N) is 2. The van der Waals surface area contributed by atoms with Crippen molar-refractivity contribution in [2.45, 2.75) is 110 Å². The summed E-state index contributed by atoms with van der Waals surface area (Å²) in [5.74, 6) is -2.65. The Morgan fingerprint density at radius 3 is 1.56 bits per heavy atom. The summed E-state index contributed by atoms with van der Waals surface area (Å²) in [6.45, 7) is 15.4. The molecule has 0 aromatic carbocycles. The first kappa shape index (κ1) is 34.8. The van der Waals surface area contributed by atoms with E-state index in [4.69, 9.17) is 12.3 Å². The van der Waals surface area contributed by atoms with Crippen LogP contribution in [0.15, 0.2) is 36.4 Å². The second kappa shape index (κ2) is 14.3. The topological polar surface area (TPSA) is 116 Å². The molecule has 2 saturated carbocycles. The van der Waals surface area contributed by atoms with E-state index in [1.807, 2.05) is 52.0 Å². The molecule has 10 nitrogen and oxygen atoms in total. The SMILES string of the molecule is Cc1cc(C)n(-c2cc(CN)cc(NC3CCC(F)(F)CC3)n2)n1.[C-]#[N+]c1cc(NC2CCC(F)(F)CC2)nc(-n2nc(C)cc2C)c1. The summed E-state index contributed by atoms with van der Waals surface area (Å²) in [6.07, 6.45) is 1.29. The Bertz CT molecular complexity index is 1750. The van der Waals surface area contributed by atoms with Crippen molar-refractivity contribution in [2.24, 2.45) is 5.73 Å². The number of nitrogens with zero attached hydrogens (tertiary/aromatic N) is 7. The van der Waals surface area contributed by atoms with Gasteiger partial charge >= 0.3 is 0 Å². The minimum absolute atomic E-state index is 0.0125. The maximum absolute atomic E-state index is 13.3. The highest BCUT2D eigenvalue weighted by Gasteiger charge is 2.36. The molecule has 0 unspecified atom stereocenters. The van der Waals surface area contributed by atoms with Gasteiger partial charge in [0, 0.05) is 55.7 Å². The molecule has 0 bridgehead atoms. The summed E-state index contributed by atoms with van der Waals surface area (Å²) < 4.78 is 56.6. The lowest BCUT2D eigenvalue weighted by atomic mass is 9.92. The van der Waals surface area contributed by atoms with Gasteiger partial charge in [0.25, 0.3) is 0 Å². The average Bonchev–Trinajstić information content (AvgIpc) is 3.57. The van der Waals surface area contributed by atoms with E-state index in [0.717, 1.165) is 28.3 Å². The van der Waals surface area contributed by atoms with Crippen molar-refractivity contribution < 1.29 is 17.6 Å². The third kappa shape index (κ3) is 8.89. The Hall–Kier alpha value is -4.51. The highest BCUT2D eigenvalue weighted by atomic mass is 19.3. The third-order valence-electron chi connectivity index (χ3n) is 8.62. The predicted octanol–water partition coefficient (Wildman–Crippen LogP) is 7.76. The number of aromatic nitrogens is 6. The van der Waals surface area contributed by atoms with Crippen molar-refractivity contribution in [1.29, 1.82) is 0 Å². The molecule has 0 radical (unpaired) electrons. The van der Waals surface area contributed by atoms with Crippen molar-refractivity contribution in [1.82, 2.24) is 29.5 Å². The van der Waals surface area contributed by atoms with E-state index < -0.39 is 11.8 Å². The van der Waals surface area contributed by atoms with Crippen LogP contribution in [-0.2, 0) is 6.54 Å². The normalized spacial score (nSPS) is 17.7. The van der Waals surface area contributed by atoms with Gasteiger partial charge in [-0.05, 0) is 95.3 Å². The van der Waals surface area contributed by atoms with Gasteiger partial charge in [-0.3, -0.25) is 0 Å². The lowest BCUT2D eigenvalue weighted by Gasteiger charge is -2.29. The van der Waals surface area contributed by atoms with E-state index >= 15 is 0 Å². The predicted molar refractivity (Wildman–Crippen MR) is 177 cm³/mol. The van der Waals surface area contributed by atoms with Crippen molar-refractivity contribution >= 4 is 17.3 Å². The number of nitrogens with two attached hydrogens (primary N) is 1. The molecule has 4 aromatic rings. The number of aryl methyl sites for hydroxylation is 4. The van der Waals surface area contributed by atoms with E-state index in [0.29, 0.717) is 61.2 Å². The van der Waals surface area contributed by atoms with Gasteiger partial charge in [-0.25, -0.2) is 41.7 Å². The quantitative estimate of drug-likeness (QED) is 0.136. The monoisotopic (exact) mass is 666 g/mol. The molecule has 4 heterocycles. The van der Waals surface area contributed by atoms with Crippen LogP contribution in [0.3, 0.4) is 0 Å². The molecule has 2 aliphatic carbocycles. The van der Waals surface area contributed by atoms with Gasteiger partial charge in [-0.2, -0.15) is 10.2 Å². The first-order valence-corrected chi connectivity index (χ1v) is 16.2. The minimum atomic E-state index is -2.56. The van der Waals surface area contributed by atoms with Gasteiger partial charge < -0.3 is 16.4 Å². The molecule has 0 spiro atoms. The molecular weight excluding hydrogens is 624 g/mol. The average molecular weight is 667 g/mol. The molecule has 256 valence electrons. The number of rotatable bonds is 7. The summed E-state index contributed by atoms with van der Waals surface area (Å²) >= 11 is 0. The van der Waals surface area contributed by atoms with Crippen LogP contribution < -0.4 is 16.4 Å². The summed E-state index contributed by atoms with van der Waals surface area (Å²) in [7, 11) is 0. The number of pyridine rings is 2. The summed E-state index contributed by atoms with van der Waals surface area (Å²) in [6, 6.07) is 11.0. The number of hydrogen-bond donors (Lipinski definition) is 3. The van der Waals surface area contributed by atoms with Crippen molar-refractivity contribution in [3.63, 3.8) is 0 Å². The Balaban J connectivity index is 0.000000188. The van der Waals surface area contributed by atoms with Crippen LogP contribution in [0, 0.1) is 34.3 Å². The Morgan fingerprint density at radius 1 is 0.729 bits per heavy atom. The molecule has 2 aliphatic rings. The molecule has 0 amide bonds. The van der Waals surface area contributed by atoms with Crippen molar-refractivity contribution in [3.8, 4) is 11.6 Å². The molecule has 0 saturated heterocycles. The fraction of sp³-hybridized carbons (Fsp3) is 0.500. The van der Waals surface area contributed by atoms with Gasteiger partial charge in [-0.1, -0.05) is 0 Å². The van der Waals surface area contributed by atoms with Gasteiger partial charge in [0.1, 0.15) is 17.5 Å². The van der Waals surface area contributed by atoms with Gasteiger partial charge in [0.15, 0.2) is 11.5 Å². The molecule has 6 rings (SSSR count). The molecule has 0 aliphatic heterocycles. The van der Waals surface area contributed by atoms with Gasteiger partial charge in [-0.15, -0.1) is 0 Å². The lowest BCUT2D eigenvalue weighted by molar-refractivity contribution is -0.0366. The maximum Gasteiger partial charge on any atom is 0.248 e. The Morgan fingerprint density at radius 2 is 1.17 bits per heavy atom. The van der Waals surface area contributed by atoms with Crippen molar-refractivity contribution in [3.05, 3.63) is 76.2 Å². The molecule has 2 fully saturated rings. The zero-order chi connectivity index (χ0) is 34.6. The summed E-state index contributed by atoms with van der Waals surface area (Å²) in [5, 5.41) is 15.3. The fourth-order valence-corrected chi connectivity index (χ4v) is 6.13. The van der Waals surface area contributed by atoms with Crippen LogP contribution in [0.5, 0.6) is 0 Å². The standard InChI is InChI=1S/C17H19F2N5.C17H23F2N5/c1-11-8-12(2)24(23-11)16-10-14(20-3)9-15(22-16)21-13-4-6-17(18,19)7-5-13;1-11-7-12(2)24(23-11)16-9-13(10-20)8-15(22-16)21-14-3-5-17(18,19)6-4-14/h8-10,13H,4-7H2,1-2H3,(H,21,22);7-9,14H,3-6,10,20H2,1-2H3,(H,21,22). The zero-order valence-corrected chi connectivity index (χ0v) is 27.7. The van der Waals surface area contributed by atoms with E-state index in [-0.39, 0.29) is 37.8 Å². The zero-order valence-electron chi connectivity index (χ0n) is 27.7. The maximum atomic E-state index is 13.3. The molecule has 0 atom stereocenters. The van der Waals surface area contributed by atoms with Crippen LogP contribution >= 0.6 is 0 Å². The van der Waals surface area contributed by atoms with E-state index in [9.17, 15) is 17.6 Å². The van der Waals surface area contributed by atoms with E-state index in [1.54, 1.807) is 21.5 Å². The van der Waals surface area contributed by atoms with Gasteiger partial charge in [0.2, 0.25) is 11.8 Å². The third-order valence-corrected chi connectivity index (χ3v) is 8.62. The Kier molecular flexibility index (Phi) is 10.4. The lowest BCUT2D eigenvalue weighted by Crippen LogP contribution is -2.32. The van der Waals surface area contributed by atoms with E-state index in [2.05, 4.69) is 35.6 Å². The second-order valence-corrected chi connectivity index (χ2v) is 12.8. The molecule has 14 heteroatoms. The smallest absolute Gasteiger partial charge is 0.248 e. The largest absolute Gasteiger partial charge is 0.368 e. The van der Waals surface area contributed by atoms with E-state index in [1.165, 1.54) is 0 Å². The molecule has 4 N–H and O–H groups in total. The van der Waals surface area contributed by atoms with Crippen LogP contribution in [0.4, 0.5) is 34.9 Å². The van der Waals surface area contributed by atoms with Crippen LogP contribution in [0.2, 0.25) is 0 Å². The number of hydrogen-bond acceptors (Lipinski definition) is 7.